The average Bonchev–Trinajstić information content (AvgIpc) is 2.74. The molecule has 0 bridgehead atoms. The zero-order chi connectivity index (χ0) is 12.5. The Morgan fingerprint density at radius 1 is 1.24 bits per heavy atom. The van der Waals surface area contributed by atoms with Crippen molar-refractivity contribution in [1.82, 2.24) is 4.90 Å². The summed E-state index contributed by atoms with van der Waals surface area (Å²) in [7, 11) is 0. The summed E-state index contributed by atoms with van der Waals surface area (Å²) in [6.45, 7) is 5.43. The van der Waals surface area contributed by atoms with Gasteiger partial charge >= 0.3 is 5.97 Å². The Bertz CT molecular complexity index is 399. The molecule has 2 rings (SSSR count). The maximum absolute atomic E-state index is 11.6. The lowest BCUT2D eigenvalue weighted by atomic mass is 9.91. The topological polar surface area (TPSA) is 40.5 Å². The second kappa shape index (κ2) is 4.49. The molecule has 0 atom stereocenters. The number of fused-ring (bicyclic) bond motifs is 1. The van der Waals surface area contributed by atoms with Gasteiger partial charge in [0.25, 0.3) is 0 Å². The molecule has 0 fully saturated rings. The van der Waals surface area contributed by atoms with Gasteiger partial charge in [0.15, 0.2) is 0 Å². The van der Waals surface area contributed by atoms with Gasteiger partial charge in [-0.25, -0.2) is 0 Å². The minimum absolute atomic E-state index is 0.646. The molecule has 92 valence electrons. The Labute approximate surface area is 102 Å². The van der Waals surface area contributed by atoms with Crippen molar-refractivity contribution in [3.05, 3.63) is 35.4 Å². The first-order valence-electron chi connectivity index (χ1n) is 6.19. The van der Waals surface area contributed by atoms with E-state index in [2.05, 4.69) is 17.0 Å². The first-order chi connectivity index (χ1) is 8.14. The molecule has 0 aliphatic carbocycles. The number of carbonyl (C=O) groups is 1. The highest BCUT2D eigenvalue weighted by molar-refractivity contribution is 5.78. The van der Waals surface area contributed by atoms with Gasteiger partial charge in [0.2, 0.25) is 0 Å². The third kappa shape index (κ3) is 1.84. The van der Waals surface area contributed by atoms with Crippen molar-refractivity contribution in [1.29, 1.82) is 0 Å². The van der Waals surface area contributed by atoms with Gasteiger partial charge in [0.05, 0.1) is 0 Å². The third-order valence-corrected chi connectivity index (χ3v) is 4.01. The van der Waals surface area contributed by atoms with E-state index in [4.69, 9.17) is 0 Å². The highest BCUT2D eigenvalue weighted by Gasteiger charge is 2.43. The van der Waals surface area contributed by atoms with Crippen molar-refractivity contribution in [3.8, 4) is 0 Å². The van der Waals surface area contributed by atoms with E-state index in [1.807, 2.05) is 26.0 Å². The van der Waals surface area contributed by atoms with E-state index in [0.29, 0.717) is 12.8 Å². The maximum Gasteiger partial charge on any atom is 0.324 e. The molecular weight excluding hydrogens is 214 g/mol. The zero-order valence-corrected chi connectivity index (χ0v) is 10.4. The van der Waals surface area contributed by atoms with Crippen LogP contribution in [0.2, 0.25) is 0 Å². The van der Waals surface area contributed by atoms with Crippen LogP contribution in [0.25, 0.3) is 0 Å². The normalized spacial score (nSPS) is 15.9. The lowest BCUT2D eigenvalue weighted by molar-refractivity contribution is -0.153. The number of aliphatic carboxylic acids is 1. The Morgan fingerprint density at radius 3 is 2.06 bits per heavy atom. The zero-order valence-electron chi connectivity index (χ0n) is 10.4. The van der Waals surface area contributed by atoms with Crippen LogP contribution in [0.5, 0.6) is 0 Å². The molecule has 0 spiro atoms. The SMILES string of the molecule is CCC(CC)(C(=O)O)N1Cc2ccccc2C1. The molecule has 1 aliphatic heterocycles. The summed E-state index contributed by atoms with van der Waals surface area (Å²) >= 11 is 0. The van der Waals surface area contributed by atoms with E-state index in [0.717, 1.165) is 13.1 Å². The Morgan fingerprint density at radius 2 is 1.71 bits per heavy atom. The fourth-order valence-corrected chi connectivity index (χ4v) is 2.77. The van der Waals surface area contributed by atoms with Crippen molar-refractivity contribution >= 4 is 5.97 Å². The largest absolute Gasteiger partial charge is 0.480 e. The molecule has 0 saturated carbocycles. The number of benzene rings is 1. The molecule has 1 aromatic carbocycles. The van der Waals surface area contributed by atoms with Gasteiger partial charge in [0, 0.05) is 13.1 Å². The molecule has 0 unspecified atom stereocenters. The summed E-state index contributed by atoms with van der Waals surface area (Å²) in [6.07, 6.45) is 1.29. The van der Waals surface area contributed by atoms with Gasteiger partial charge < -0.3 is 5.11 Å². The van der Waals surface area contributed by atoms with Crippen LogP contribution >= 0.6 is 0 Å². The predicted octanol–water partition coefficient (Wildman–Crippen LogP) is 2.65. The fourth-order valence-electron chi connectivity index (χ4n) is 2.77. The average molecular weight is 233 g/mol. The second-order valence-electron chi connectivity index (χ2n) is 4.67. The molecule has 0 aromatic heterocycles. The van der Waals surface area contributed by atoms with Crippen molar-refractivity contribution in [2.75, 3.05) is 0 Å². The van der Waals surface area contributed by atoms with Crippen LogP contribution in [0, 0.1) is 0 Å². The first-order valence-corrected chi connectivity index (χ1v) is 6.19. The second-order valence-corrected chi connectivity index (χ2v) is 4.67. The minimum atomic E-state index is -0.709. The lowest BCUT2D eigenvalue weighted by Crippen LogP contribution is -2.51. The van der Waals surface area contributed by atoms with Gasteiger partial charge in [-0.05, 0) is 24.0 Å². The smallest absolute Gasteiger partial charge is 0.324 e. The number of carboxylic acids is 1. The Balaban J connectivity index is 2.29. The quantitative estimate of drug-likeness (QED) is 0.869. The van der Waals surface area contributed by atoms with Crippen LogP contribution < -0.4 is 0 Å². The first kappa shape index (κ1) is 12.1. The predicted molar refractivity (Wildman–Crippen MR) is 66.6 cm³/mol. The van der Waals surface area contributed by atoms with Crippen molar-refractivity contribution in [2.24, 2.45) is 0 Å². The third-order valence-electron chi connectivity index (χ3n) is 4.01. The molecule has 1 N–H and O–H groups in total. The summed E-state index contributed by atoms with van der Waals surface area (Å²) in [6, 6.07) is 8.21. The van der Waals surface area contributed by atoms with Crippen LogP contribution in [0.15, 0.2) is 24.3 Å². The van der Waals surface area contributed by atoms with Gasteiger partial charge in [0.1, 0.15) is 5.54 Å². The molecule has 17 heavy (non-hydrogen) atoms. The van der Waals surface area contributed by atoms with E-state index in [1.54, 1.807) is 0 Å². The van der Waals surface area contributed by atoms with E-state index in [9.17, 15) is 9.90 Å². The lowest BCUT2D eigenvalue weighted by Gasteiger charge is -2.36. The molecule has 0 saturated heterocycles. The van der Waals surface area contributed by atoms with Crippen molar-refractivity contribution in [2.45, 2.75) is 45.3 Å². The van der Waals surface area contributed by atoms with Crippen molar-refractivity contribution < 1.29 is 9.90 Å². The number of nitrogens with zero attached hydrogens (tertiary/aromatic N) is 1. The monoisotopic (exact) mass is 233 g/mol. The summed E-state index contributed by atoms with van der Waals surface area (Å²) in [5.74, 6) is -0.699. The molecule has 1 aromatic rings. The van der Waals surface area contributed by atoms with Crippen LogP contribution in [0.4, 0.5) is 0 Å². The Kier molecular flexibility index (Phi) is 3.20. The Hall–Kier alpha value is -1.35. The summed E-state index contributed by atoms with van der Waals surface area (Å²) in [5, 5.41) is 9.52. The van der Waals surface area contributed by atoms with Crippen LogP contribution in [0.1, 0.15) is 37.8 Å². The van der Waals surface area contributed by atoms with Gasteiger partial charge in [-0.15, -0.1) is 0 Å². The molecule has 3 heteroatoms. The van der Waals surface area contributed by atoms with E-state index < -0.39 is 11.5 Å². The molecule has 1 heterocycles. The number of hydrogen-bond donors (Lipinski definition) is 1. The minimum Gasteiger partial charge on any atom is -0.480 e. The van der Waals surface area contributed by atoms with Gasteiger partial charge in [-0.3, -0.25) is 9.69 Å². The van der Waals surface area contributed by atoms with E-state index in [-0.39, 0.29) is 0 Å². The maximum atomic E-state index is 11.6. The van der Waals surface area contributed by atoms with E-state index >= 15 is 0 Å². The highest BCUT2D eigenvalue weighted by Crippen LogP contribution is 2.33. The standard InChI is InChI=1S/C14H19NO2/c1-3-14(4-2,13(16)17)15-9-11-7-5-6-8-12(11)10-15/h5-8H,3-4,9-10H2,1-2H3,(H,16,17). The molecule has 1 aliphatic rings. The number of carboxylic acid groups (broad SMARTS) is 1. The molecular formula is C14H19NO2. The fraction of sp³-hybridized carbons (Fsp3) is 0.500. The molecule has 0 amide bonds. The summed E-state index contributed by atoms with van der Waals surface area (Å²) < 4.78 is 0. The summed E-state index contributed by atoms with van der Waals surface area (Å²) in [5.41, 5.74) is 1.82. The summed E-state index contributed by atoms with van der Waals surface area (Å²) in [4.78, 5) is 13.7. The van der Waals surface area contributed by atoms with Crippen molar-refractivity contribution in [3.63, 3.8) is 0 Å². The van der Waals surface area contributed by atoms with E-state index in [1.165, 1.54) is 11.1 Å². The number of hydrogen-bond acceptors (Lipinski definition) is 2. The van der Waals surface area contributed by atoms with Crippen LogP contribution in [-0.4, -0.2) is 21.5 Å². The molecule has 0 radical (unpaired) electrons. The van der Waals surface area contributed by atoms with Crippen LogP contribution in [0.3, 0.4) is 0 Å². The highest BCUT2D eigenvalue weighted by atomic mass is 16.4. The van der Waals surface area contributed by atoms with Crippen LogP contribution in [-0.2, 0) is 17.9 Å². The van der Waals surface area contributed by atoms with Gasteiger partial charge in [-0.1, -0.05) is 38.1 Å². The molecule has 3 nitrogen and oxygen atoms in total. The number of rotatable bonds is 4. The van der Waals surface area contributed by atoms with Gasteiger partial charge in [-0.2, -0.15) is 0 Å².